The van der Waals surface area contributed by atoms with Crippen LogP contribution in [-0.2, 0) is 20.4 Å². The van der Waals surface area contributed by atoms with Gasteiger partial charge in [0.15, 0.2) is 0 Å². The Kier molecular flexibility index (Phi) is 5.19. The largest absolute Gasteiger partial charge is 0.372 e. The molecule has 0 aliphatic carbocycles. The van der Waals surface area contributed by atoms with Crippen LogP contribution in [0.15, 0.2) is 11.1 Å². The molecule has 0 aromatic carbocycles. The van der Waals surface area contributed by atoms with E-state index in [1.807, 2.05) is 27.7 Å². The van der Waals surface area contributed by atoms with Crippen LogP contribution < -0.4 is 0 Å². The van der Waals surface area contributed by atoms with E-state index in [1.165, 1.54) is 6.20 Å². The Morgan fingerprint density at radius 3 is 2.50 bits per heavy atom. The molecule has 1 atom stereocenters. The van der Waals surface area contributed by atoms with Crippen LogP contribution in [0.4, 0.5) is 0 Å². The van der Waals surface area contributed by atoms with Crippen LogP contribution in [0.3, 0.4) is 0 Å². The molecule has 1 heterocycles. The van der Waals surface area contributed by atoms with Gasteiger partial charge in [0.1, 0.15) is 4.90 Å². The van der Waals surface area contributed by atoms with Crippen molar-refractivity contribution in [2.75, 3.05) is 0 Å². The lowest BCUT2D eigenvalue weighted by atomic mass is 10.3. The van der Waals surface area contributed by atoms with Crippen LogP contribution >= 0.6 is 10.7 Å². The van der Waals surface area contributed by atoms with Crippen molar-refractivity contribution in [3.8, 4) is 0 Å². The quantitative estimate of drug-likeness (QED) is 0.757. The standard InChI is InChI=1S/C11H19ClN2O3S/c1-5-9(4)17-7-10-11(18(12,15)16)6-13-14(10)8(2)3/h6,8-9H,5,7H2,1-4H3. The molecular formula is C11H19ClN2O3S. The smallest absolute Gasteiger partial charge is 0.264 e. The summed E-state index contributed by atoms with van der Waals surface area (Å²) >= 11 is 0. The highest BCUT2D eigenvalue weighted by atomic mass is 35.7. The van der Waals surface area contributed by atoms with Gasteiger partial charge in [-0.15, -0.1) is 0 Å². The lowest BCUT2D eigenvalue weighted by Gasteiger charge is -2.15. The topological polar surface area (TPSA) is 61.2 Å². The Morgan fingerprint density at radius 1 is 1.44 bits per heavy atom. The van der Waals surface area contributed by atoms with Gasteiger partial charge in [-0.05, 0) is 27.2 Å². The minimum absolute atomic E-state index is 0.0289. The molecule has 0 spiro atoms. The molecule has 0 aliphatic rings. The molecule has 7 heteroatoms. The summed E-state index contributed by atoms with van der Waals surface area (Å²) in [4.78, 5) is 0.0289. The number of ether oxygens (including phenoxy) is 1. The highest BCUT2D eigenvalue weighted by Crippen LogP contribution is 2.23. The first-order chi connectivity index (χ1) is 8.27. The third-order valence-electron chi connectivity index (χ3n) is 2.69. The molecule has 0 saturated heterocycles. The van der Waals surface area contributed by atoms with Gasteiger partial charge in [-0.3, -0.25) is 4.68 Å². The van der Waals surface area contributed by atoms with Gasteiger partial charge in [-0.25, -0.2) is 8.42 Å². The average Bonchev–Trinajstić information content (AvgIpc) is 2.69. The molecule has 104 valence electrons. The van der Waals surface area contributed by atoms with E-state index in [4.69, 9.17) is 15.4 Å². The molecule has 1 aromatic rings. The highest BCUT2D eigenvalue weighted by molar-refractivity contribution is 8.13. The van der Waals surface area contributed by atoms with E-state index in [0.29, 0.717) is 5.69 Å². The molecule has 0 radical (unpaired) electrons. The lowest BCUT2D eigenvalue weighted by Crippen LogP contribution is -2.14. The van der Waals surface area contributed by atoms with Crippen molar-refractivity contribution in [3.05, 3.63) is 11.9 Å². The van der Waals surface area contributed by atoms with Crippen molar-refractivity contribution in [1.82, 2.24) is 9.78 Å². The minimum atomic E-state index is -3.79. The molecule has 0 saturated carbocycles. The van der Waals surface area contributed by atoms with Crippen molar-refractivity contribution in [1.29, 1.82) is 0 Å². The predicted octanol–water partition coefficient (Wildman–Crippen LogP) is 2.71. The Balaban J connectivity index is 3.08. The van der Waals surface area contributed by atoms with Gasteiger partial charge in [0.05, 0.1) is 24.6 Å². The van der Waals surface area contributed by atoms with E-state index in [0.717, 1.165) is 6.42 Å². The maximum absolute atomic E-state index is 11.5. The Labute approximate surface area is 113 Å². The Morgan fingerprint density at radius 2 is 2.06 bits per heavy atom. The van der Waals surface area contributed by atoms with Gasteiger partial charge in [-0.1, -0.05) is 6.92 Å². The van der Waals surface area contributed by atoms with Crippen LogP contribution in [0.25, 0.3) is 0 Å². The Hall–Kier alpha value is -0.590. The van der Waals surface area contributed by atoms with E-state index >= 15 is 0 Å². The number of halogens is 1. The summed E-state index contributed by atoms with van der Waals surface area (Å²) in [5.41, 5.74) is 0.500. The number of hydrogen-bond acceptors (Lipinski definition) is 4. The fourth-order valence-corrected chi connectivity index (χ4v) is 2.49. The normalized spacial score (nSPS) is 14.1. The molecule has 5 nitrogen and oxygen atoms in total. The summed E-state index contributed by atoms with van der Waals surface area (Å²) in [6, 6.07) is 0.0488. The monoisotopic (exact) mass is 294 g/mol. The van der Waals surface area contributed by atoms with Crippen molar-refractivity contribution in [2.24, 2.45) is 0 Å². The third kappa shape index (κ3) is 3.70. The van der Waals surface area contributed by atoms with Crippen LogP contribution in [0.5, 0.6) is 0 Å². The first kappa shape index (κ1) is 15.5. The van der Waals surface area contributed by atoms with Gasteiger partial charge in [0.25, 0.3) is 9.05 Å². The summed E-state index contributed by atoms with van der Waals surface area (Å²) in [5.74, 6) is 0. The average molecular weight is 295 g/mol. The first-order valence-electron chi connectivity index (χ1n) is 5.90. The SMILES string of the molecule is CCC(C)OCc1c(S(=O)(=O)Cl)cnn1C(C)C. The van der Waals surface area contributed by atoms with Crippen molar-refractivity contribution >= 4 is 19.7 Å². The molecule has 0 bridgehead atoms. The number of hydrogen-bond donors (Lipinski definition) is 0. The van der Waals surface area contributed by atoms with Crippen LogP contribution in [0.1, 0.15) is 45.9 Å². The number of nitrogens with zero attached hydrogens (tertiary/aromatic N) is 2. The third-order valence-corrected chi connectivity index (χ3v) is 4.06. The summed E-state index contributed by atoms with van der Waals surface area (Å²) in [5, 5.41) is 4.06. The fourth-order valence-electron chi connectivity index (χ4n) is 1.50. The number of aromatic nitrogens is 2. The van der Waals surface area contributed by atoms with Crippen molar-refractivity contribution in [3.63, 3.8) is 0 Å². The maximum atomic E-state index is 11.5. The van der Waals surface area contributed by atoms with E-state index in [9.17, 15) is 8.42 Å². The maximum Gasteiger partial charge on any atom is 0.264 e. The molecule has 1 unspecified atom stereocenters. The summed E-state index contributed by atoms with van der Waals surface area (Å²) < 4.78 is 30.1. The van der Waals surface area contributed by atoms with E-state index in [-0.39, 0.29) is 23.6 Å². The van der Waals surface area contributed by atoms with Gasteiger partial charge >= 0.3 is 0 Å². The number of rotatable bonds is 6. The zero-order valence-corrected chi connectivity index (χ0v) is 12.6. The first-order valence-corrected chi connectivity index (χ1v) is 8.21. The molecule has 18 heavy (non-hydrogen) atoms. The summed E-state index contributed by atoms with van der Waals surface area (Å²) in [6.45, 7) is 7.97. The van der Waals surface area contributed by atoms with Gasteiger partial charge in [-0.2, -0.15) is 5.10 Å². The Bertz CT molecular complexity index is 496. The molecule has 0 amide bonds. The van der Waals surface area contributed by atoms with E-state index in [1.54, 1.807) is 4.68 Å². The fraction of sp³-hybridized carbons (Fsp3) is 0.727. The molecule has 1 aromatic heterocycles. The molecular weight excluding hydrogens is 276 g/mol. The zero-order valence-electron chi connectivity index (χ0n) is 11.1. The van der Waals surface area contributed by atoms with Gasteiger partial charge in [0.2, 0.25) is 0 Å². The minimum Gasteiger partial charge on any atom is -0.372 e. The second-order valence-corrected chi connectivity index (χ2v) is 7.00. The highest BCUT2D eigenvalue weighted by Gasteiger charge is 2.22. The molecule has 1 rings (SSSR count). The van der Waals surface area contributed by atoms with Crippen molar-refractivity contribution < 1.29 is 13.2 Å². The zero-order chi connectivity index (χ0) is 13.9. The second kappa shape index (κ2) is 6.04. The molecule has 0 N–H and O–H groups in total. The van der Waals surface area contributed by atoms with Gasteiger partial charge in [0, 0.05) is 16.7 Å². The second-order valence-electron chi connectivity index (χ2n) is 4.46. The van der Waals surface area contributed by atoms with E-state index in [2.05, 4.69) is 5.10 Å². The summed E-state index contributed by atoms with van der Waals surface area (Å²) in [7, 11) is 1.60. The lowest BCUT2D eigenvalue weighted by molar-refractivity contribution is 0.0448. The molecule has 0 fully saturated rings. The van der Waals surface area contributed by atoms with Crippen LogP contribution in [0, 0.1) is 0 Å². The van der Waals surface area contributed by atoms with Gasteiger partial charge < -0.3 is 4.74 Å². The van der Waals surface area contributed by atoms with E-state index < -0.39 is 9.05 Å². The molecule has 0 aliphatic heterocycles. The van der Waals surface area contributed by atoms with Crippen molar-refractivity contribution in [2.45, 2.75) is 57.8 Å². The predicted molar refractivity (Wildman–Crippen MR) is 70.2 cm³/mol. The summed E-state index contributed by atoms with van der Waals surface area (Å²) in [6.07, 6.45) is 2.20. The van der Waals surface area contributed by atoms with Crippen LogP contribution in [-0.4, -0.2) is 24.3 Å². The van der Waals surface area contributed by atoms with Crippen LogP contribution in [0.2, 0.25) is 0 Å².